The van der Waals surface area contributed by atoms with Gasteiger partial charge in [0.05, 0.1) is 0 Å². The first kappa shape index (κ1) is 16.4. The highest BCUT2D eigenvalue weighted by atomic mass is 16.2. The third-order valence-electron chi connectivity index (χ3n) is 4.39. The Morgan fingerprint density at radius 3 is 2.67 bits per heavy atom. The van der Waals surface area contributed by atoms with Gasteiger partial charge >= 0.3 is 0 Å². The van der Waals surface area contributed by atoms with Gasteiger partial charge in [0.15, 0.2) is 5.69 Å². The summed E-state index contributed by atoms with van der Waals surface area (Å²) in [5.41, 5.74) is 2.80. The van der Waals surface area contributed by atoms with Gasteiger partial charge in [0.25, 0.3) is 5.91 Å². The predicted octanol–water partition coefficient (Wildman–Crippen LogP) is 3.46. The Morgan fingerprint density at radius 2 is 1.96 bits per heavy atom. The summed E-state index contributed by atoms with van der Waals surface area (Å²) in [7, 11) is 0. The average Bonchev–Trinajstić information content (AvgIpc) is 2.61. The van der Waals surface area contributed by atoms with Crippen LogP contribution in [0.3, 0.4) is 0 Å². The third kappa shape index (κ3) is 4.54. The largest absolute Gasteiger partial charge is 0.365 e. The number of nitrogens with zero attached hydrogens (tertiary/aromatic N) is 2. The summed E-state index contributed by atoms with van der Waals surface area (Å²) < 4.78 is 0. The number of aromatic nitrogens is 2. The minimum Gasteiger partial charge on any atom is -0.365 e. The molecule has 0 saturated heterocycles. The molecule has 126 valence electrons. The number of hydrogen-bond donors (Lipinski definition) is 2. The molecule has 0 bridgehead atoms. The van der Waals surface area contributed by atoms with Crippen molar-refractivity contribution in [2.24, 2.45) is 0 Å². The highest BCUT2D eigenvalue weighted by Crippen LogP contribution is 2.17. The van der Waals surface area contributed by atoms with E-state index in [-0.39, 0.29) is 11.9 Å². The molecule has 3 rings (SSSR count). The molecule has 2 N–H and O–H groups in total. The van der Waals surface area contributed by atoms with Crippen molar-refractivity contribution in [3.8, 4) is 0 Å². The fraction of sp³-hybridized carbons (Fsp3) is 0.421. The van der Waals surface area contributed by atoms with Crippen LogP contribution in [-0.4, -0.2) is 22.1 Å². The van der Waals surface area contributed by atoms with Crippen molar-refractivity contribution in [2.45, 2.75) is 51.6 Å². The van der Waals surface area contributed by atoms with Gasteiger partial charge in [-0.2, -0.15) is 0 Å². The average molecular weight is 324 g/mol. The van der Waals surface area contributed by atoms with Gasteiger partial charge in [-0.15, -0.1) is 10.2 Å². The lowest BCUT2D eigenvalue weighted by atomic mass is 9.95. The molecule has 0 spiro atoms. The molecule has 0 aliphatic heterocycles. The van der Waals surface area contributed by atoms with E-state index in [0.29, 0.717) is 18.1 Å². The molecule has 24 heavy (non-hydrogen) atoms. The van der Waals surface area contributed by atoms with Crippen LogP contribution in [0.4, 0.5) is 5.82 Å². The van der Waals surface area contributed by atoms with Crippen LogP contribution < -0.4 is 10.6 Å². The van der Waals surface area contributed by atoms with Gasteiger partial charge in [-0.1, -0.05) is 49.1 Å². The summed E-state index contributed by atoms with van der Waals surface area (Å²) >= 11 is 0. The number of anilines is 1. The smallest absolute Gasteiger partial charge is 0.272 e. The predicted molar refractivity (Wildman–Crippen MR) is 94.9 cm³/mol. The molecule has 1 amide bonds. The third-order valence-corrected chi connectivity index (χ3v) is 4.39. The SMILES string of the molecule is Cc1cccc(CNc2ccc(C(=O)NC3CCCCC3)nn2)c1. The molecule has 1 heterocycles. The maximum Gasteiger partial charge on any atom is 0.272 e. The van der Waals surface area contributed by atoms with E-state index in [0.717, 1.165) is 12.8 Å². The summed E-state index contributed by atoms with van der Waals surface area (Å²) in [5.74, 6) is 0.547. The number of carbonyl (C=O) groups excluding carboxylic acids is 1. The monoisotopic (exact) mass is 324 g/mol. The molecule has 1 saturated carbocycles. The highest BCUT2D eigenvalue weighted by Gasteiger charge is 2.17. The van der Waals surface area contributed by atoms with E-state index < -0.39 is 0 Å². The molecule has 1 fully saturated rings. The van der Waals surface area contributed by atoms with Gasteiger partial charge in [0.2, 0.25) is 0 Å². The van der Waals surface area contributed by atoms with Crippen LogP contribution >= 0.6 is 0 Å². The molecular weight excluding hydrogens is 300 g/mol. The Labute approximate surface area is 142 Å². The number of nitrogens with one attached hydrogen (secondary N) is 2. The van der Waals surface area contributed by atoms with E-state index in [4.69, 9.17) is 0 Å². The van der Waals surface area contributed by atoms with Gasteiger partial charge in [-0.3, -0.25) is 4.79 Å². The Balaban J connectivity index is 1.53. The van der Waals surface area contributed by atoms with E-state index in [1.165, 1.54) is 30.4 Å². The zero-order valence-electron chi connectivity index (χ0n) is 14.1. The quantitative estimate of drug-likeness (QED) is 0.884. The summed E-state index contributed by atoms with van der Waals surface area (Å²) in [6.45, 7) is 2.76. The summed E-state index contributed by atoms with van der Waals surface area (Å²) in [6.07, 6.45) is 5.79. The van der Waals surface area contributed by atoms with Crippen molar-refractivity contribution < 1.29 is 4.79 Å². The standard InChI is InChI=1S/C19H24N4O/c1-14-6-5-7-15(12-14)13-20-18-11-10-17(22-23-18)19(24)21-16-8-3-2-4-9-16/h5-7,10-12,16H,2-4,8-9,13H2,1H3,(H,20,23)(H,21,24). The van der Waals surface area contributed by atoms with Crippen LogP contribution in [0.1, 0.15) is 53.7 Å². The Kier molecular flexibility index (Phi) is 5.41. The number of rotatable bonds is 5. The van der Waals surface area contributed by atoms with Crippen LogP contribution in [0.15, 0.2) is 36.4 Å². The second kappa shape index (κ2) is 7.90. The van der Waals surface area contributed by atoms with Crippen LogP contribution in [0.2, 0.25) is 0 Å². The zero-order valence-corrected chi connectivity index (χ0v) is 14.1. The van der Waals surface area contributed by atoms with Gasteiger partial charge in [-0.25, -0.2) is 0 Å². The van der Waals surface area contributed by atoms with E-state index in [9.17, 15) is 4.79 Å². The van der Waals surface area contributed by atoms with E-state index in [2.05, 4.69) is 46.0 Å². The van der Waals surface area contributed by atoms with Gasteiger partial charge in [-0.05, 0) is 37.5 Å². The van der Waals surface area contributed by atoms with Gasteiger partial charge in [0, 0.05) is 12.6 Å². The molecule has 0 unspecified atom stereocenters. The molecule has 1 aliphatic carbocycles. The molecular formula is C19H24N4O. The van der Waals surface area contributed by atoms with Crippen LogP contribution in [0.5, 0.6) is 0 Å². The topological polar surface area (TPSA) is 66.9 Å². The van der Waals surface area contributed by atoms with Crippen molar-refractivity contribution in [3.05, 3.63) is 53.2 Å². The molecule has 1 aliphatic rings. The molecule has 0 radical (unpaired) electrons. The number of amides is 1. The van der Waals surface area contributed by atoms with Crippen LogP contribution in [0, 0.1) is 6.92 Å². The zero-order chi connectivity index (χ0) is 16.8. The Hall–Kier alpha value is -2.43. The lowest BCUT2D eigenvalue weighted by Crippen LogP contribution is -2.36. The fourth-order valence-electron chi connectivity index (χ4n) is 3.07. The highest BCUT2D eigenvalue weighted by molar-refractivity contribution is 5.92. The number of aryl methyl sites for hydroxylation is 1. The van der Waals surface area contributed by atoms with Crippen molar-refractivity contribution in [3.63, 3.8) is 0 Å². The number of benzene rings is 1. The first-order chi connectivity index (χ1) is 11.7. The maximum absolute atomic E-state index is 12.2. The van der Waals surface area contributed by atoms with Crippen molar-refractivity contribution in [1.82, 2.24) is 15.5 Å². The maximum atomic E-state index is 12.2. The number of carbonyl (C=O) groups is 1. The van der Waals surface area contributed by atoms with Crippen molar-refractivity contribution in [2.75, 3.05) is 5.32 Å². The van der Waals surface area contributed by atoms with Gasteiger partial charge < -0.3 is 10.6 Å². The van der Waals surface area contributed by atoms with Crippen LogP contribution in [0.25, 0.3) is 0 Å². The Morgan fingerprint density at radius 1 is 1.12 bits per heavy atom. The molecule has 5 heteroatoms. The first-order valence-electron chi connectivity index (χ1n) is 8.65. The van der Waals surface area contributed by atoms with Crippen LogP contribution in [-0.2, 0) is 6.54 Å². The fourth-order valence-corrected chi connectivity index (χ4v) is 3.07. The van der Waals surface area contributed by atoms with E-state index in [1.54, 1.807) is 12.1 Å². The number of hydrogen-bond acceptors (Lipinski definition) is 4. The Bertz CT molecular complexity index is 678. The molecule has 1 aromatic carbocycles. The molecule has 5 nitrogen and oxygen atoms in total. The lowest BCUT2D eigenvalue weighted by Gasteiger charge is -2.22. The second-order valence-corrected chi connectivity index (χ2v) is 6.45. The minimum absolute atomic E-state index is 0.125. The molecule has 0 atom stereocenters. The van der Waals surface area contributed by atoms with Crippen molar-refractivity contribution >= 4 is 11.7 Å². The second-order valence-electron chi connectivity index (χ2n) is 6.45. The summed E-state index contributed by atoms with van der Waals surface area (Å²) in [6, 6.07) is 12.1. The summed E-state index contributed by atoms with van der Waals surface area (Å²) in [5, 5.41) is 14.4. The molecule has 1 aromatic heterocycles. The van der Waals surface area contributed by atoms with Gasteiger partial charge in [0.1, 0.15) is 5.82 Å². The van der Waals surface area contributed by atoms with E-state index >= 15 is 0 Å². The first-order valence-corrected chi connectivity index (χ1v) is 8.65. The summed E-state index contributed by atoms with van der Waals surface area (Å²) in [4.78, 5) is 12.2. The minimum atomic E-state index is -0.125. The van der Waals surface area contributed by atoms with Crippen molar-refractivity contribution in [1.29, 1.82) is 0 Å². The molecule has 2 aromatic rings. The normalized spacial score (nSPS) is 15.0. The van der Waals surface area contributed by atoms with E-state index in [1.807, 2.05) is 6.07 Å². The lowest BCUT2D eigenvalue weighted by molar-refractivity contribution is 0.0921.